The quantitative estimate of drug-likeness (QED) is 0.820. The molecular formula is C13H15N3O2S. The van der Waals surface area contributed by atoms with E-state index in [9.17, 15) is 8.42 Å². The van der Waals surface area contributed by atoms with Crippen molar-refractivity contribution in [1.82, 2.24) is 4.31 Å². The summed E-state index contributed by atoms with van der Waals surface area (Å²) < 4.78 is 26.1. The second kappa shape index (κ2) is 6.33. The van der Waals surface area contributed by atoms with Gasteiger partial charge in [0, 0.05) is 13.1 Å². The summed E-state index contributed by atoms with van der Waals surface area (Å²) in [5, 5.41) is 17.8. The van der Waals surface area contributed by atoms with Crippen LogP contribution in [0.25, 0.3) is 0 Å². The van der Waals surface area contributed by atoms with Gasteiger partial charge in [-0.25, -0.2) is 8.42 Å². The fourth-order valence-corrected chi connectivity index (χ4v) is 3.35. The first-order valence-corrected chi connectivity index (χ1v) is 7.30. The third kappa shape index (κ3) is 3.31. The number of nitriles is 2. The lowest BCUT2D eigenvalue weighted by atomic mass is 10.2. The Bertz CT molecular complexity index is 626. The van der Waals surface area contributed by atoms with Crippen LogP contribution < -0.4 is 0 Å². The lowest BCUT2D eigenvalue weighted by Crippen LogP contribution is -2.34. The molecule has 0 fully saturated rings. The molecule has 0 aliphatic carbocycles. The van der Waals surface area contributed by atoms with E-state index in [4.69, 9.17) is 10.5 Å². The van der Waals surface area contributed by atoms with Crippen molar-refractivity contribution in [2.75, 3.05) is 13.1 Å². The molecule has 0 saturated carbocycles. The van der Waals surface area contributed by atoms with Crippen molar-refractivity contribution in [3.8, 4) is 12.1 Å². The molecule has 1 aromatic rings. The van der Waals surface area contributed by atoms with Gasteiger partial charge in [-0.3, -0.25) is 0 Å². The maximum atomic E-state index is 12.5. The van der Waals surface area contributed by atoms with Gasteiger partial charge in [-0.2, -0.15) is 14.8 Å². The molecule has 1 atom stereocenters. The molecule has 0 radical (unpaired) electrons. The third-order valence-corrected chi connectivity index (χ3v) is 4.67. The second-order valence-corrected chi connectivity index (χ2v) is 6.00. The highest BCUT2D eigenvalue weighted by molar-refractivity contribution is 7.89. The van der Waals surface area contributed by atoms with Crippen LogP contribution in [-0.2, 0) is 10.0 Å². The monoisotopic (exact) mass is 277 g/mol. The minimum absolute atomic E-state index is 0.00973. The zero-order valence-corrected chi connectivity index (χ0v) is 11.7. The Morgan fingerprint density at radius 1 is 1.32 bits per heavy atom. The average Bonchev–Trinajstić information content (AvgIpc) is 2.43. The van der Waals surface area contributed by atoms with Crippen LogP contribution in [-0.4, -0.2) is 25.8 Å². The molecule has 0 amide bonds. The Balaban J connectivity index is 3.23. The standard InChI is InChI=1S/C13H15N3O2S/c1-3-16(10-11(2)8-14)19(17,18)13-7-5-4-6-12(13)9-15/h4-7,11H,3,10H2,1-2H3. The molecule has 0 aromatic heterocycles. The van der Waals surface area contributed by atoms with E-state index in [0.717, 1.165) is 0 Å². The van der Waals surface area contributed by atoms with Crippen molar-refractivity contribution in [1.29, 1.82) is 10.5 Å². The van der Waals surface area contributed by atoms with E-state index in [1.54, 1.807) is 26.0 Å². The SMILES string of the molecule is CCN(CC(C)C#N)S(=O)(=O)c1ccccc1C#N. The molecular weight excluding hydrogens is 262 g/mol. The summed E-state index contributed by atoms with van der Waals surface area (Å²) in [5.74, 6) is -0.399. The molecule has 0 aliphatic heterocycles. The Morgan fingerprint density at radius 3 is 2.47 bits per heavy atom. The number of sulfonamides is 1. The maximum absolute atomic E-state index is 12.5. The van der Waals surface area contributed by atoms with Gasteiger partial charge in [-0.15, -0.1) is 0 Å². The predicted octanol–water partition coefficient (Wildman–Crippen LogP) is 1.73. The van der Waals surface area contributed by atoms with Crippen LogP contribution in [0.15, 0.2) is 29.2 Å². The van der Waals surface area contributed by atoms with Gasteiger partial charge >= 0.3 is 0 Å². The number of benzene rings is 1. The van der Waals surface area contributed by atoms with E-state index < -0.39 is 15.9 Å². The summed E-state index contributed by atoms with van der Waals surface area (Å²) in [7, 11) is -3.74. The summed E-state index contributed by atoms with van der Waals surface area (Å²) >= 11 is 0. The lowest BCUT2D eigenvalue weighted by molar-refractivity contribution is 0.399. The first-order chi connectivity index (χ1) is 8.97. The van der Waals surface area contributed by atoms with Gasteiger partial charge in [0.2, 0.25) is 10.0 Å². The first kappa shape index (κ1) is 15.2. The van der Waals surface area contributed by atoms with Crippen molar-refractivity contribution in [2.45, 2.75) is 18.7 Å². The molecule has 6 heteroatoms. The summed E-state index contributed by atoms with van der Waals surface area (Å²) in [6.45, 7) is 3.74. The molecule has 0 saturated heterocycles. The van der Waals surface area contributed by atoms with Gasteiger partial charge in [0.1, 0.15) is 6.07 Å². The van der Waals surface area contributed by atoms with Crippen LogP contribution in [0.5, 0.6) is 0 Å². The molecule has 0 heterocycles. The van der Waals surface area contributed by atoms with Gasteiger partial charge in [0.25, 0.3) is 0 Å². The van der Waals surface area contributed by atoms with E-state index in [-0.39, 0.29) is 23.5 Å². The van der Waals surface area contributed by atoms with Crippen LogP contribution in [0.4, 0.5) is 0 Å². The molecule has 0 spiro atoms. The third-order valence-electron chi connectivity index (χ3n) is 2.68. The summed E-state index contributed by atoms with van der Waals surface area (Å²) in [6.07, 6.45) is 0. The van der Waals surface area contributed by atoms with Gasteiger partial charge in [0.15, 0.2) is 0 Å². The Morgan fingerprint density at radius 2 is 1.95 bits per heavy atom. The molecule has 0 N–H and O–H groups in total. The van der Waals surface area contributed by atoms with Crippen molar-refractivity contribution < 1.29 is 8.42 Å². The Labute approximate surface area is 113 Å². The highest BCUT2D eigenvalue weighted by atomic mass is 32.2. The predicted molar refractivity (Wildman–Crippen MR) is 70.4 cm³/mol. The Kier molecular flexibility index (Phi) is 5.05. The van der Waals surface area contributed by atoms with Gasteiger partial charge < -0.3 is 0 Å². The smallest absolute Gasteiger partial charge is 0.207 e. The number of nitrogens with zero attached hydrogens (tertiary/aromatic N) is 3. The highest BCUT2D eigenvalue weighted by Crippen LogP contribution is 2.20. The average molecular weight is 277 g/mol. The van der Waals surface area contributed by atoms with E-state index in [2.05, 4.69) is 0 Å². The van der Waals surface area contributed by atoms with Crippen molar-refractivity contribution in [3.05, 3.63) is 29.8 Å². The minimum atomic E-state index is -3.74. The van der Waals surface area contributed by atoms with Crippen LogP contribution in [0, 0.1) is 28.6 Å². The fraction of sp³-hybridized carbons (Fsp3) is 0.385. The van der Waals surface area contributed by atoms with Crippen LogP contribution in [0.2, 0.25) is 0 Å². The van der Waals surface area contributed by atoms with Gasteiger partial charge in [-0.05, 0) is 19.1 Å². The minimum Gasteiger partial charge on any atom is -0.207 e. The zero-order valence-electron chi connectivity index (χ0n) is 10.9. The molecule has 0 aliphatic rings. The van der Waals surface area contributed by atoms with E-state index in [0.29, 0.717) is 0 Å². The molecule has 1 aromatic carbocycles. The Hall–Kier alpha value is -1.89. The van der Waals surface area contributed by atoms with Crippen LogP contribution in [0.3, 0.4) is 0 Å². The zero-order chi connectivity index (χ0) is 14.5. The molecule has 1 unspecified atom stereocenters. The van der Waals surface area contributed by atoms with Crippen molar-refractivity contribution in [2.24, 2.45) is 5.92 Å². The highest BCUT2D eigenvalue weighted by Gasteiger charge is 2.26. The van der Waals surface area contributed by atoms with Crippen LogP contribution >= 0.6 is 0 Å². The summed E-state index contributed by atoms with van der Waals surface area (Å²) in [5.41, 5.74) is 0.116. The van der Waals surface area contributed by atoms with Crippen molar-refractivity contribution in [3.63, 3.8) is 0 Å². The summed E-state index contributed by atoms with van der Waals surface area (Å²) in [6, 6.07) is 9.96. The van der Waals surface area contributed by atoms with E-state index >= 15 is 0 Å². The topological polar surface area (TPSA) is 85.0 Å². The number of hydrogen-bond acceptors (Lipinski definition) is 4. The molecule has 19 heavy (non-hydrogen) atoms. The van der Waals surface area contributed by atoms with Gasteiger partial charge in [0.05, 0.1) is 22.4 Å². The molecule has 1 rings (SSSR count). The first-order valence-electron chi connectivity index (χ1n) is 5.86. The van der Waals surface area contributed by atoms with E-state index in [1.165, 1.54) is 16.4 Å². The second-order valence-electron chi connectivity index (χ2n) is 4.09. The molecule has 5 nitrogen and oxygen atoms in total. The maximum Gasteiger partial charge on any atom is 0.244 e. The fourth-order valence-electron chi connectivity index (χ4n) is 1.67. The van der Waals surface area contributed by atoms with Crippen molar-refractivity contribution >= 4 is 10.0 Å². The summed E-state index contributed by atoms with van der Waals surface area (Å²) in [4.78, 5) is -0.00973. The molecule has 100 valence electrons. The van der Waals surface area contributed by atoms with Crippen LogP contribution in [0.1, 0.15) is 19.4 Å². The lowest BCUT2D eigenvalue weighted by Gasteiger charge is -2.21. The largest absolute Gasteiger partial charge is 0.244 e. The normalized spacial score (nSPS) is 12.7. The van der Waals surface area contributed by atoms with Gasteiger partial charge in [-0.1, -0.05) is 19.1 Å². The molecule has 0 bridgehead atoms. The van der Waals surface area contributed by atoms with E-state index in [1.807, 2.05) is 12.1 Å². The number of rotatable bonds is 5. The number of hydrogen-bond donors (Lipinski definition) is 0.